The highest BCUT2D eigenvalue weighted by atomic mass is 16.5. The molecule has 0 amide bonds. The number of benzene rings is 1. The summed E-state index contributed by atoms with van der Waals surface area (Å²) in [5.74, 6) is 0.956. The molecule has 4 rings (SSSR count). The van der Waals surface area contributed by atoms with Crippen molar-refractivity contribution in [3.63, 3.8) is 0 Å². The molecular weight excluding hydrogens is 364 g/mol. The maximum atomic E-state index is 9.09. The summed E-state index contributed by atoms with van der Waals surface area (Å²) in [5, 5.41) is 12.8. The molecule has 2 aromatic rings. The average Bonchev–Trinajstić information content (AvgIpc) is 2.79. The number of aliphatic hydroxyl groups is 1. The Labute approximate surface area is 173 Å². The van der Waals surface area contributed by atoms with Gasteiger partial charge in [0.1, 0.15) is 5.82 Å². The summed E-state index contributed by atoms with van der Waals surface area (Å²) in [6, 6.07) is 13.4. The van der Waals surface area contributed by atoms with E-state index in [1.54, 1.807) is 0 Å². The van der Waals surface area contributed by atoms with Crippen molar-refractivity contribution in [1.82, 2.24) is 4.98 Å². The number of ether oxygens (including phenoxy) is 1. The maximum absolute atomic E-state index is 9.09. The molecule has 1 aromatic carbocycles. The second kappa shape index (κ2) is 9.94. The van der Waals surface area contributed by atoms with E-state index in [-0.39, 0.29) is 6.61 Å². The lowest BCUT2D eigenvalue weighted by molar-refractivity contribution is 0.122. The molecule has 2 saturated heterocycles. The van der Waals surface area contributed by atoms with Crippen LogP contribution in [-0.4, -0.2) is 62.1 Å². The summed E-state index contributed by atoms with van der Waals surface area (Å²) in [7, 11) is 0. The summed E-state index contributed by atoms with van der Waals surface area (Å²) in [6.45, 7) is 5.77. The van der Waals surface area contributed by atoms with Gasteiger partial charge in [-0.2, -0.15) is 0 Å². The van der Waals surface area contributed by atoms with E-state index in [2.05, 4.69) is 56.5 Å². The molecule has 0 radical (unpaired) electrons. The van der Waals surface area contributed by atoms with Crippen LogP contribution in [0.4, 0.5) is 17.2 Å². The Morgan fingerprint density at radius 1 is 1.07 bits per heavy atom. The Hall–Kier alpha value is -2.31. The molecule has 29 heavy (non-hydrogen) atoms. The minimum absolute atomic E-state index is 0.246. The number of piperidine rings is 1. The number of hydrogen-bond donors (Lipinski definition) is 2. The topological polar surface area (TPSA) is 60.9 Å². The molecule has 6 heteroatoms. The van der Waals surface area contributed by atoms with E-state index >= 15 is 0 Å². The van der Waals surface area contributed by atoms with E-state index in [4.69, 9.17) is 9.84 Å². The van der Waals surface area contributed by atoms with Gasteiger partial charge in [0.05, 0.1) is 13.2 Å². The Morgan fingerprint density at radius 2 is 1.93 bits per heavy atom. The third kappa shape index (κ3) is 5.40. The van der Waals surface area contributed by atoms with Crippen LogP contribution in [0.1, 0.15) is 24.8 Å². The van der Waals surface area contributed by atoms with E-state index < -0.39 is 0 Å². The molecule has 0 spiro atoms. The lowest BCUT2D eigenvalue weighted by Crippen LogP contribution is -2.42. The highest BCUT2D eigenvalue weighted by Gasteiger charge is 2.21. The third-order valence-corrected chi connectivity index (χ3v) is 5.79. The Kier molecular flexibility index (Phi) is 6.85. The number of nitrogens with one attached hydrogen (secondary N) is 1. The van der Waals surface area contributed by atoms with Gasteiger partial charge in [0.2, 0.25) is 0 Å². The summed E-state index contributed by atoms with van der Waals surface area (Å²) in [5.41, 5.74) is 3.79. The quantitative estimate of drug-likeness (QED) is 0.750. The molecule has 6 nitrogen and oxygen atoms in total. The van der Waals surface area contributed by atoms with Crippen LogP contribution in [0.2, 0.25) is 0 Å². The van der Waals surface area contributed by atoms with Crippen molar-refractivity contribution in [2.45, 2.75) is 31.7 Å². The number of morpholine rings is 1. The first-order valence-corrected chi connectivity index (χ1v) is 10.8. The Morgan fingerprint density at radius 3 is 2.79 bits per heavy atom. The summed E-state index contributed by atoms with van der Waals surface area (Å²) < 4.78 is 5.47. The molecule has 1 atom stereocenters. The number of hydrogen-bond acceptors (Lipinski definition) is 6. The number of aliphatic hydroxyl groups excluding tert-OH is 1. The number of anilines is 3. The van der Waals surface area contributed by atoms with Gasteiger partial charge in [-0.1, -0.05) is 12.1 Å². The fourth-order valence-corrected chi connectivity index (χ4v) is 4.25. The Bertz CT molecular complexity index is 779. The molecule has 0 unspecified atom stereocenters. The number of aryl methyl sites for hydroxylation is 1. The zero-order valence-electron chi connectivity index (χ0n) is 17.1. The molecule has 0 bridgehead atoms. The van der Waals surface area contributed by atoms with Crippen LogP contribution >= 0.6 is 0 Å². The second-order valence-corrected chi connectivity index (χ2v) is 7.93. The van der Waals surface area contributed by atoms with Crippen LogP contribution in [0.25, 0.3) is 0 Å². The van der Waals surface area contributed by atoms with Gasteiger partial charge in [0.15, 0.2) is 0 Å². The lowest BCUT2D eigenvalue weighted by Gasteiger charge is -2.35. The van der Waals surface area contributed by atoms with Crippen molar-refractivity contribution < 1.29 is 9.84 Å². The van der Waals surface area contributed by atoms with Crippen molar-refractivity contribution in [2.24, 2.45) is 0 Å². The predicted molar refractivity (Wildman–Crippen MR) is 118 cm³/mol. The smallest absolute Gasteiger partial charge is 0.128 e. The van der Waals surface area contributed by atoms with Gasteiger partial charge in [-0.3, -0.25) is 0 Å². The largest absolute Gasteiger partial charge is 0.396 e. The molecule has 3 heterocycles. The van der Waals surface area contributed by atoms with Crippen LogP contribution in [-0.2, 0) is 11.2 Å². The molecule has 2 aliphatic heterocycles. The van der Waals surface area contributed by atoms with Crippen LogP contribution in [0.3, 0.4) is 0 Å². The Balaban J connectivity index is 1.39. The second-order valence-electron chi connectivity index (χ2n) is 7.93. The van der Waals surface area contributed by atoms with Crippen LogP contribution in [0.5, 0.6) is 0 Å². The lowest BCUT2D eigenvalue weighted by atomic mass is 10.0. The van der Waals surface area contributed by atoms with Crippen molar-refractivity contribution in [3.05, 3.63) is 48.2 Å². The van der Waals surface area contributed by atoms with Crippen LogP contribution < -0.4 is 15.1 Å². The number of nitrogens with zero attached hydrogens (tertiary/aromatic N) is 3. The van der Waals surface area contributed by atoms with Gasteiger partial charge in [-0.15, -0.1) is 0 Å². The number of aromatic nitrogens is 1. The maximum Gasteiger partial charge on any atom is 0.128 e. The van der Waals surface area contributed by atoms with E-state index in [1.165, 1.54) is 23.4 Å². The minimum atomic E-state index is 0.246. The van der Waals surface area contributed by atoms with Crippen molar-refractivity contribution >= 4 is 17.2 Å². The standard InChI is InChI=1S/C23H32N4O2/c28-13-3-5-19-4-1-7-21(16-19)27-10-2-6-20(18-27)25-23-17-22(8-9-24-23)26-11-14-29-15-12-26/h1,4,7-9,16-17,20,28H,2-3,5-6,10-15,18H2,(H,24,25)/t20-/m1/s1. The molecule has 1 aromatic heterocycles. The van der Waals surface area contributed by atoms with E-state index in [9.17, 15) is 0 Å². The molecule has 2 N–H and O–H groups in total. The molecule has 2 aliphatic rings. The van der Waals surface area contributed by atoms with Gasteiger partial charge in [-0.25, -0.2) is 4.98 Å². The molecule has 2 fully saturated rings. The molecule has 0 aliphatic carbocycles. The average molecular weight is 397 g/mol. The SMILES string of the molecule is OCCCc1cccc(N2CCC[C@@H](Nc3cc(N4CCOCC4)ccn3)C2)c1. The van der Waals surface area contributed by atoms with Gasteiger partial charge in [0.25, 0.3) is 0 Å². The van der Waals surface area contributed by atoms with Gasteiger partial charge < -0.3 is 25.0 Å². The van der Waals surface area contributed by atoms with Crippen molar-refractivity contribution in [1.29, 1.82) is 0 Å². The molecular formula is C23H32N4O2. The van der Waals surface area contributed by atoms with Gasteiger partial charge >= 0.3 is 0 Å². The highest BCUT2D eigenvalue weighted by molar-refractivity contribution is 5.55. The molecule has 156 valence electrons. The summed E-state index contributed by atoms with van der Waals surface area (Å²) >= 11 is 0. The number of pyridine rings is 1. The van der Waals surface area contributed by atoms with Crippen molar-refractivity contribution in [2.75, 3.05) is 61.1 Å². The van der Waals surface area contributed by atoms with E-state index in [0.717, 1.165) is 64.5 Å². The van der Waals surface area contributed by atoms with Crippen molar-refractivity contribution in [3.8, 4) is 0 Å². The number of rotatable bonds is 7. The van der Waals surface area contributed by atoms with Gasteiger partial charge in [0, 0.05) is 62.5 Å². The fraction of sp³-hybridized carbons (Fsp3) is 0.522. The van der Waals surface area contributed by atoms with E-state index in [1.807, 2.05) is 6.20 Å². The summed E-state index contributed by atoms with van der Waals surface area (Å²) in [6.07, 6.45) is 5.97. The zero-order valence-corrected chi connectivity index (χ0v) is 17.1. The normalized spacial score (nSPS) is 20.0. The van der Waals surface area contributed by atoms with Crippen LogP contribution in [0, 0.1) is 0 Å². The zero-order chi connectivity index (χ0) is 19.9. The first-order valence-electron chi connectivity index (χ1n) is 10.8. The van der Waals surface area contributed by atoms with Gasteiger partial charge in [-0.05, 0) is 49.4 Å². The minimum Gasteiger partial charge on any atom is -0.396 e. The van der Waals surface area contributed by atoms with Crippen LogP contribution in [0.15, 0.2) is 42.6 Å². The fourth-order valence-electron chi connectivity index (χ4n) is 4.25. The first kappa shape index (κ1) is 20.0. The summed E-state index contributed by atoms with van der Waals surface area (Å²) in [4.78, 5) is 9.39. The predicted octanol–water partition coefficient (Wildman–Crippen LogP) is 2.92. The highest BCUT2D eigenvalue weighted by Crippen LogP contribution is 2.24. The third-order valence-electron chi connectivity index (χ3n) is 5.79. The first-order chi connectivity index (χ1) is 14.3. The molecule has 0 saturated carbocycles. The monoisotopic (exact) mass is 396 g/mol. The van der Waals surface area contributed by atoms with E-state index in [0.29, 0.717) is 6.04 Å².